The zero-order valence-electron chi connectivity index (χ0n) is 21.3. The first-order valence-corrected chi connectivity index (χ1v) is 12.2. The third-order valence-corrected chi connectivity index (χ3v) is 6.53. The van der Waals surface area contributed by atoms with Crippen LogP contribution >= 0.6 is 11.6 Å². The average molecular weight is 542 g/mol. The molecule has 0 unspecified atom stereocenters. The summed E-state index contributed by atoms with van der Waals surface area (Å²) in [5, 5.41) is 3.29. The smallest absolute Gasteiger partial charge is 0.284 e. The molecule has 2 aromatic carbocycles. The number of anilines is 2. The van der Waals surface area contributed by atoms with Crippen LogP contribution in [0.1, 0.15) is 16.1 Å². The molecule has 5 rings (SSSR count). The molecule has 196 valence electrons. The number of carbonyl (C=O) groups excluding carboxylic acids is 1. The molecule has 3 N–H and O–H groups in total. The van der Waals surface area contributed by atoms with Crippen molar-refractivity contribution >= 4 is 29.0 Å². The van der Waals surface area contributed by atoms with Gasteiger partial charge in [-0.3, -0.25) is 19.3 Å². The Morgan fingerprint density at radius 1 is 1.05 bits per heavy atom. The summed E-state index contributed by atoms with van der Waals surface area (Å²) in [6.07, 6.45) is 4.84. The second kappa shape index (κ2) is 10.4. The molecular weight excluding hydrogens is 518 g/mol. The molecule has 39 heavy (non-hydrogen) atoms. The van der Waals surface area contributed by atoms with Crippen molar-refractivity contribution in [3.8, 4) is 34.0 Å². The van der Waals surface area contributed by atoms with E-state index in [9.17, 15) is 9.59 Å². The highest BCUT2D eigenvalue weighted by Crippen LogP contribution is 2.28. The van der Waals surface area contributed by atoms with Crippen molar-refractivity contribution in [2.45, 2.75) is 6.92 Å². The minimum absolute atomic E-state index is 0.0382. The van der Waals surface area contributed by atoms with Gasteiger partial charge in [-0.25, -0.2) is 14.6 Å². The number of hydrogen-bond donors (Lipinski definition) is 2. The number of rotatable bonds is 6. The Balaban J connectivity index is 1.41. The SMILES string of the molecule is COc1cncc(-c2cnc(N)c(-c3ccc(NC(=O)c4c(C)n(C)n(-c5cccc(Cl)c5)c4=O)cc3)n2)c1. The number of benzene rings is 2. The molecule has 10 nitrogen and oxygen atoms in total. The number of ether oxygens (including phenoxy) is 1. The maximum absolute atomic E-state index is 13.2. The van der Waals surface area contributed by atoms with Crippen LogP contribution in [0.4, 0.5) is 11.5 Å². The summed E-state index contributed by atoms with van der Waals surface area (Å²) in [6.45, 7) is 1.72. The van der Waals surface area contributed by atoms with Crippen LogP contribution in [-0.2, 0) is 7.05 Å². The van der Waals surface area contributed by atoms with Crippen LogP contribution in [0.25, 0.3) is 28.2 Å². The topological polar surface area (TPSA) is 130 Å². The second-order valence-corrected chi connectivity index (χ2v) is 9.15. The number of nitrogens with two attached hydrogens (primary N) is 1. The summed E-state index contributed by atoms with van der Waals surface area (Å²) in [6, 6.07) is 15.6. The van der Waals surface area contributed by atoms with Gasteiger partial charge in [-0.05, 0) is 43.3 Å². The second-order valence-electron chi connectivity index (χ2n) is 8.71. The molecule has 0 aliphatic carbocycles. The number of nitrogens with zero attached hydrogens (tertiary/aromatic N) is 5. The number of amides is 1. The van der Waals surface area contributed by atoms with E-state index in [1.54, 1.807) is 92.9 Å². The molecule has 0 aliphatic rings. The van der Waals surface area contributed by atoms with Crippen LogP contribution in [0.5, 0.6) is 5.75 Å². The van der Waals surface area contributed by atoms with Gasteiger partial charge in [0.1, 0.15) is 22.8 Å². The van der Waals surface area contributed by atoms with Gasteiger partial charge in [0.05, 0.1) is 36.6 Å². The van der Waals surface area contributed by atoms with E-state index in [1.807, 2.05) is 6.07 Å². The van der Waals surface area contributed by atoms with E-state index in [0.717, 1.165) is 5.56 Å². The van der Waals surface area contributed by atoms with Crippen molar-refractivity contribution in [2.24, 2.45) is 7.05 Å². The summed E-state index contributed by atoms with van der Waals surface area (Å²) < 4.78 is 8.28. The van der Waals surface area contributed by atoms with Crippen LogP contribution in [0, 0.1) is 6.92 Å². The van der Waals surface area contributed by atoms with Gasteiger partial charge in [0, 0.05) is 35.1 Å². The van der Waals surface area contributed by atoms with E-state index in [-0.39, 0.29) is 11.4 Å². The Hall–Kier alpha value is -4.96. The molecule has 5 aromatic rings. The molecule has 0 spiro atoms. The van der Waals surface area contributed by atoms with Crippen molar-refractivity contribution in [3.05, 3.63) is 99.8 Å². The monoisotopic (exact) mass is 541 g/mol. The summed E-state index contributed by atoms with van der Waals surface area (Å²) in [5.41, 5.74) is 9.79. The van der Waals surface area contributed by atoms with Gasteiger partial charge in [0.15, 0.2) is 0 Å². The predicted octanol–water partition coefficient (Wildman–Crippen LogP) is 4.50. The third kappa shape index (κ3) is 4.97. The first-order chi connectivity index (χ1) is 18.8. The summed E-state index contributed by atoms with van der Waals surface area (Å²) in [5.74, 6) is 0.335. The van der Waals surface area contributed by atoms with Gasteiger partial charge in [-0.15, -0.1) is 0 Å². The largest absolute Gasteiger partial charge is 0.495 e. The zero-order valence-corrected chi connectivity index (χ0v) is 22.1. The molecule has 0 saturated carbocycles. The lowest BCUT2D eigenvalue weighted by Gasteiger charge is -2.09. The molecule has 11 heteroatoms. The molecule has 0 radical (unpaired) electrons. The number of hydrogen-bond acceptors (Lipinski definition) is 7. The normalized spacial score (nSPS) is 10.9. The predicted molar refractivity (Wildman–Crippen MR) is 150 cm³/mol. The molecule has 1 amide bonds. The first kappa shape index (κ1) is 25.7. The quantitative estimate of drug-likeness (QED) is 0.323. The Labute approximate surface area is 228 Å². The maximum atomic E-state index is 13.2. The summed E-state index contributed by atoms with van der Waals surface area (Å²) >= 11 is 6.11. The maximum Gasteiger partial charge on any atom is 0.284 e. The van der Waals surface area contributed by atoms with Gasteiger partial charge >= 0.3 is 0 Å². The number of aromatic nitrogens is 5. The molecule has 0 bridgehead atoms. The van der Waals surface area contributed by atoms with Crippen LogP contribution in [-0.4, -0.2) is 37.3 Å². The standard InChI is InChI=1S/C28H24ClN7O3/c1-16-24(28(38)36(35(16)2)21-6-4-5-19(29)12-21)27(37)33-20-9-7-17(8-10-20)25-26(30)32-15-23(34-25)18-11-22(39-3)14-31-13-18/h4-15H,1-3H3,(H2,30,32)(H,33,37). The number of nitrogens with one attached hydrogen (secondary N) is 1. The van der Waals surface area contributed by atoms with E-state index < -0.39 is 11.5 Å². The minimum Gasteiger partial charge on any atom is -0.495 e. The van der Waals surface area contributed by atoms with Gasteiger partial charge in [-0.1, -0.05) is 29.8 Å². The van der Waals surface area contributed by atoms with E-state index in [0.29, 0.717) is 44.8 Å². The highest BCUT2D eigenvalue weighted by molar-refractivity contribution is 6.30. The highest BCUT2D eigenvalue weighted by Gasteiger charge is 2.22. The van der Waals surface area contributed by atoms with Crippen molar-refractivity contribution in [3.63, 3.8) is 0 Å². The molecule has 3 heterocycles. The zero-order chi connectivity index (χ0) is 27.7. The van der Waals surface area contributed by atoms with E-state index >= 15 is 0 Å². The minimum atomic E-state index is -0.520. The first-order valence-electron chi connectivity index (χ1n) is 11.8. The Kier molecular flexibility index (Phi) is 6.86. The van der Waals surface area contributed by atoms with Crippen LogP contribution in [0.3, 0.4) is 0 Å². The number of nitrogen functional groups attached to an aromatic ring is 1. The van der Waals surface area contributed by atoms with Gasteiger partial charge in [-0.2, -0.15) is 0 Å². The lowest BCUT2D eigenvalue weighted by atomic mass is 10.1. The molecule has 3 aromatic heterocycles. The fraction of sp³-hybridized carbons (Fsp3) is 0.107. The number of carbonyl (C=O) groups is 1. The number of methoxy groups -OCH3 is 1. The van der Waals surface area contributed by atoms with Crippen molar-refractivity contribution < 1.29 is 9.53 Å². The number of halogens is 1. The average Bonchev–Trinajstić information content (AvgIpc) is 3.16. The van der Waals surface area contributed by atoms with Crippen LogP contribution in [0.15, 0.2) is 78.0 Å². The van der Waals surface area contributed by atoms with Crippen LogP contribution < -0.4 is 21.3 Å². The lowest BCUT2D eigenvalue weighted by Crippen LogP contribution is -2.25. The van der Waals surface area contributed by atoms with Gasteiger partial charge < -0.3 is 15.8 Å². The molecular formula is C28H24ClN7O3. The van der Waals surface area contributed by atoms with E-state index in [1.165, 1.54) is 4.68 Å². The molecule has 0 aliphatic heterocycles. The molecule has 0 atom stereocenters. The summed E-state index contributed by atoms with van der Waals surface area (Å²) in [7, 11) is 3.28. The van der Waals surface area contributed by atoms with E-state index in [4.69, 9.17) is 22.1 Å². The van der Waals surface area contributed by atoms with Crippen molar-refractivity contribution in [1.82, 2.24) is 24.3 Å². The van der Waals surface area contributed by atoms with Crippen LogP contribution in [0.2, 0.25) is 5.02 Å². The van der Waals surface area contributed by atoms with E-state index in [2.05, 4.69) is 20.3 Å². The number of pyridine rings is 1. The molecule has 0 saturated heterocycles. The van der Waals surface area contributed by atoms with Gasteiger partial charge in [0.2, 0.25) is 0 Å². The van der Waals surface area contributed by atoms with Gasteiger partial charge in [0.25, 0.3) is 11.5 Å². The Morgan fingerprint density at radius 3 is 2.54 bits per heavy atom. The Bertz CT molecular complexity index is 1760. The van der Waals surface area contributed by atoms with Crippen molar-refractivity contribution in [2.75, 3.05) is 18.2 Å². The fourth-order valence-electron chi connectivity index (χ4n) is 4.19. The highest BCUT2D eigenvalue weighted by atomic mass is 35.5. The lowest BCUT2D eigenvalue weighted by molar-refractivity contribution is 0.102. The fourth-order valence-corrected chi connectivity index (χ4v) is 4.38. The third-order valence-electron chi connectivity index (χ3n) is 6.29. The Morgan fingerprint density at radius 2 is 1.82 bits per heavy atom. The molecule has 0 fully saturated rings. The van der Waals surface area contributed by atoms with Crippen molar-refractivity contribution in [1.29, 1.82) is 0 Å². The summed E-state index contributed by atoms with van der Waals surface area (Å²) in [4.78, 5) is 39.5.